The molecule has 0 aliphatic carbocycles. The summed E-state index contributed by atoms with van der Waals surface area (Å²) in [5.74, 6) is -1.95. The second kappa shape index (κ2) is 5.99. The van der Waals surface area contributed by atoms with E-state index < -0.39 is 18.4 Å². The molecule has 0 aromatic heterocycles. The zero-order chi connectivity index (χ0) is 11.1. The van der Waals surface area contributed by atoms with E-state index in [9.17, 15) is 9.59 Å². The maximum atomic E-state index is 11.0. The second-order valence-electron chi connectivity index (χ2n) is 2.33. The molecule has 0 aromatic carbocycles. The van der Waals surface area contributed by atoms with Crippen LogP contribution in [-0.4, -0.2) is 17.0 Å². The summed E-state index contributed by atoms with van der Waals surface area (Å²) in [6.07, 6.45) is 1.83. The Morgan fingerprint density at radius 3 is 2.43 bits per heavy atom. The molecule has 4 nitrogen and oxygen atoms in total. The van der Waals surface area contributed by atoms with Crippen molar-refractivity contribution in [2.75, 3.05) is 0 Å². The van der Waals surface area contributed by atoms with Crippen molar-refractivity contribution in [3.63, 3.8) is 0 Å². The lowest BCUT2D eigenvalue weighted by atomic mass is 10.2. The van der Waals surface area contributed by atoms with Gasteiger partial charge in [0.1, 0.15) is 0 Å². The minimum absolute atomic E-state index is 0.137. The third-order valence-corrected chi connectivity index (χ3v) is 1.20. The average molecular weight is 217 g/mol. The number of esters is 1. The van der Waals surface area contributed by atoms with E-state index in [1.807, 2.05) is 0 Å². The fourth-order valence-corrected chi connectivity index (χ4v) is 0.559. The number of hydrogen-bond donors (Lipinski definition) is 1. The highest BCUT2D eigenvalue weighted by molar-refractivity contribution is 6.30. The van der Waals surface area contributed by atoms with Crippen molar-refractivity contribution in [1.82, 2.24) is 0 Å². The van der Waals surface area contributed by atoms with Crippen molar-refractivity contribution in [3.05, 3.63) is 36.1 Å². The molecule has 0 saturated carbocycles. The number of allylic oxidation sites excluding steroid dienone is 2. The van der Waals surface area contributed by atoms with Gasteiger partial charge in [0.05, 0.1) is 12.7 Å². The summed E-state index contributed by atoms with van der Waals surface area (Å²) in [6, 6.07) is 0. The zero-order valence-corrected chi connectivity index (χ0v) is 8.08. The minimum Gasteiger partial charge on any atom is -0.481 e. The molecule has 0 unspecified atom stereocenters. The van der Waals surface area contributed by atoms with Gasteiger partial charge in [-0.25, -0.2) is 4.79 Å². The molecule has 0 aliphatic rings. The van der Waals surface area contributed by atoms with Gasteiger partial charge in [-0.1, -0.05) is 24.8 Å². The molecule has 0 bridgehead atoms. The van der Waals surface area contributed by atoms with Gasteiger partial charge in [0.15, 0.2) is 0 Å². The van der Waals surface area contributed by atoms with E-state index in [-0.39, 0.29) is 10.6 Å². The summed E-state index contributed by atoms with van der Waals surface area (Å²) in [4.78, 5) is 21.1. The van der Waals surface area contributed by atoms with Crippen LogP contribution in [0.4, 0.5) is 0 Å². The van der Waals surface area contributed by atoms with Gasteiger partial charge < -0.3 is 9.84 Å². The smallest absolute Gasteiger partial charge is 0.338 e. The molecule has 0 fully saturated rings. The second-order valence-corrected chi connectivity index (χ2v) is 2.81. The number of carbonyl (C=O) groups is 2. The predicted molar refractivity (Wildman–Crippen MR) is 51.6 cm³/mol. The van der Waals surface area contributed by atoms with Crippen molar-refractivity contribution < 1.29 is 19.4 Å². The molecule has 0 amide bonds. The third kappa shape index (κ3) is 6.02. The fraction of sp³-hybridized carbons (Fsp3) is 0.111. The first-order valence-electron chi connectivity index (χ1n) is 3.55. The number of carbonyl (C=O) groups excluding carboxylic acids is 1. The van der Waals surface area contributed by atoms with Gasteiger partial charge in [-0.2, -0.15) is 0 Å². The molecule has 0 heterocycles. The molecule has 5 heteroatoms. The number of rotatable bonds is 5. The van der Waals surface area contributed by atoms with Gasteiger partial charge in [-0.3, -0.25) is 4.79 Å². The van der Waals surface area contributed by atoms with Gasteiger partial charge in [0.25, 0.3) is 0 Å². The van der Waals surface area contributed by atoms with Gasteiger partial charge >= 0.3 is 11.9 Å². The van der Waals surface area contributed by atoms with Crippen LogP contribution in [0.1, 0.15) is 6.42 Å². The maximum Gasteiger partial charge on any atom is 0.338 e. The quantitative estimate of drug-likeness (QED) is 0.330. The molecule has 0 spiro atoms. The highest BCUT2D eigenvalue weighted by Crippen LogP contribution is 2.03. The SMILES string of the molecule is C=C(Cl)C=COC(=O)C(=C)CC(=O)O. The number of halogens is 1. The van der Waals surface area contributed by atoms with Crippen LogP contribution in [0.25, 0.3) is 0 Å². The maximum absolute atomic E-state index is 11.0. The Hall–Kier alpha value is -1.55. The summed E-state index contributed by atoms with van der Waals surface area (Å²) in [5.41, 5.74) is -0.137. The van der Waals surface area contributed by atoms with Crippen LogP contribution >= 0.6 is 11.6 Å². The fourth-order valence-electron chi connectivity index (χ4n) is 0.508. The van der Waals surface area contributed by atoms with Crippen molar-refractivity contribution in [1.29, 1.82) is 0 Å². The molecule has 0 aliphatic heterocycles. The van der Waals surface area contributed by atoms with E-state index in [0.717, 1.165) is 6.26 Å². The molecular formula is C9H9ClO4. The van der Waals surface area contributed by atoms with E-state index in [4.69, 9.17) is 16.7 Å². The Morgan fingerprint density at radius 1 is 1.43 bits per heavy atom. The Morgan fingerprint density at radius 2 is 2.00 bits per heavy atom. The lowest BCUT2D eigenvalue weighted by Gasteiger charge is -1.99. The van der Waals surface area contributed by atoms with Crippen LogP contribution in [0.3, 0.4) is 0 Å². The normalized spacial score (nSPS) is 9.79. The zero-order valence-electron chi connectivity index (χ0n) is 7.33. The number of carboxylic acid groups (broad SMARTS) is 1. The first-order chi connectivity index (χ1) is 6.43. The van der Waals surface area contributed by atoms with Crippen LogP contribution in [0.15, 0.2) is 36.1 Å². The largest absolute Gasteiger partial charge is 0.481 e. The molecule has 0 aromatic rings. The van der Waals surface area contributed by atoms with Gasteiger partial charge in [0.2, 0.25) is 0 Å². The van der Waals surface area contributed by atoms with Crippen molar-refractivity contribution in [2.24, 2.45) is 0 Å². The average Bonchev–Trinajstić information content (AvgIpc) is 2.01. The molecule has 0 radical (unpaired) electrons. The number of aliphatic carboxylic acids is 1. The predicted octanol–water partition coefficient (Wildman–Crippen LogP) is 1.83. The van der Waals surface area contributed by atoms with Gasteiger partial charge in [-0.05, 0) is 6.08 Å². The van der Waals surface area contributed by atoms with Crippen LogP contribution in [0.5, 0.6) is 0 Å². The Bertz CT molecular complexity index is 304. The summed E-state index contributed by atoms with van der Waals surface area (Å²) in [7, 11) is 0. The topological polar surface area (TPSA) is 63.6 Å². The van der Waals surface area contributed by atoms with Gasteiger partial charge in [-0.15, -0.1) is 0 Å². The Labute approximate surface area is 86.1 Å². The lowest BCUT2D eigenvalue weighted by molar-refractivity contribution is -0.140. The van der Waals surface area contributed by atoms with Crippen LogP contribution < -0.4 is 0 Å². The molecular weight excluding hydrogens is 208 g/mol. The van der Waals surface area contributed by atoms with E-state index in [1.165, 1.54) is 6.08 Å². The van der Waals surface area contributed by atoms with Crippen LogP contribution in [-0.2, 0) is 14.3 Å². The molecule has 0 saturated heterocycles. The highest BCUT2D eigenvalue weighted by Gasteiger charge is 2.10. The van der Waals surface area contributed by atoms with E-state index in [1.54, 1.807) is 0 Å². The molecule has 0 atom stereocenters. The first kappa shape index (κ1) is 12.4. The monoisotopic (exact) mass is 216 g/mol. The number of ether oxygens (including phenoxy) is 1. The van der Waals surface area contributed by atoms with Crippen LogP contribution in [0, 0.1) is 0 Å². The van der Waals surface area contributed by atoms with Crippen molar-refractivity contribution in [2.45, 2.75) is 6.42 Å². The van der Waals surface area contributed by atoms with Crippen LogP contribution in [0.2, 0.25) is 0 Å². The summed E-state index contributed by atoms with van der Waals surface area (Å²) < 4.78 is 4.49. The molecule has 0 rings (SSSR count). The highest BCUT2D eigenvalue weighted by atomic mass is 35.5. The number of carboxylic acids is 1. The van der Waals surface area contributed by atoms with E-state index >= 15 is 0 Å². The summed E-state index contributed by atoms with van der Waals surface area (Å²) in [6.45, 7) is 6.56. The number of hydrogen-bond acceptors (Lipinski definition) is 3. The van der Waals surface area contributed by atoms with Crippen molar-refractivity contribution >= 4 is 23.5 Å². The Kier molecular flexibility index (Phi) is 5.33. The first-order valence-corrected chi connectivity index (χ1v) is 3.92. The third-order valence-electron chi connectivity index (χ3n) is 1.08. The lowest BCUT2D eigenvalue weighted by Crippen LogP contribution is -2.07. The summed E-state index contributed by atoms with van der Waals surface area (Å²) >= 11 is 5.34. The van der Waals surface area contributed by atoms with E-state index in [2.05, 4.69) is 17.9 Å². The molecule has 76 valence electrons. The minimum atomic E-state index is -1.14. The van der Waals surface area contributed by atoms with E-state index in [0.29, 0.717) is 0 Å². The standard InChI is InChI=1S/C9H9ClO4/c1-6(5-8(11)12)9(13)14-4-3-7(2)10/h3-4H,1-2,5H2,(H,11,12). The molecule has 1 N–H and O–H groups in total. The van der Waals surface area contributed by atoms with Crippen molar-refractivity contribution in [3.8, 4) is 0 Å². The molecule has 14 heavy (non-hydrogen) atoms. The summed E-state index contributed by atoms with van der Waals surface area (Å²) in [5, 5.41) is 8.52. The Balaban J connectivity index is 4.03. The van der Waals surface area contributed by atoms with Gasteiger partial charge in [0, 0.05) is 10.6 Å².